The van der Waals surface area contributed by atoms with Crippen LogP contribution in [0.4, 0.5) is 5.69 Å². The second-order valence-electron chi connectivity index (χ2n) is 4.43. The summed E-state index contributed by atoms with van der Waals surface area (Å²) in [5.74, 6) is 0. The number of benzene rings is 1. The maximum atomic E-state index is 9.69. The maximum Gasteiger partial charge on any atom is 0.132 e. The van der Waals surface area contributed by atoms with Crippen molar-refractivity contribution in [1.29, 1.82) is 0 Å². The lowest BCUT2D eigenvalue weighted by Crippen LogP contribution is -2.53. The van der Waals surface area contributed by atoms with Gasteiger partial charge in [-0.05, 0) is 25.0 Å². The number of likely N-dealkylation sites (tertiary alicyclic amines) is 1. The van der Waals surface area contributed by atoms with Crippen LogP contribution in [0.15, 0.2) is 30.3 Å². The Morgan fingerprint density at radius 2 is 2.00 bits per heavy atom. The number of hydrogen-bond donors (Lipinski definition) is 1. The van der Waals surface area contributed by atoms with E-state index in [4.69, 9.17) is 0 Å². The molecule has 2 rings (SSSR count). The Labute approximate surface area is 85.4 Å². The molecule has 1 aromatic rings. The molecule has 2 nitrogen and oxygen atoms in total. The average Bonchev–Trinajstić information content (AvgIpc) is 2.19. The highest BCUT2D eigenvalue weighted by Crippen LogP contribution is 2.25. The van der Waals surface area contributed by atoms with Crippen molar-refractivity contribution in [3.63, 3.8) is 0 Å². The second-order valence-corrected chi connectivity index (χ2v) is 4.43. The first-order chi connectivity index (χ1) is 6.71. The number of rotatable bonds is 1. The van der Waals surface area contributed by atoms with Crippen molar-refractivity contribution in [2.45, 2.75) is 18.9 Å². The number of hydrogen-bond acceptors (Lipinski definition) is 1. The van der Waals surface area contributed by atoms with Gasteiger partial charge in [0.1, 0.15) is 18.3 Å². The highest BCUT2D eigenvalue weighted by Gasteiger charge is 2.31. The van der Waals surface area contributed by atoms with Crippen molar-refractivity contribution in [1.82, 2.24) is 4.48 Å². The van der Waals surface area contributed by atoms with E-state index >= 15 is 0 Å². The molecule has 0 radical (unpaired) electrons. The largest absolute Gasteiger partial charge is 0.387 e. The molecule has 1 heterocycles. The van der Waals surface area contributed by atoms with Gasteiger partial charge in [0.05, 0.1) is 13.6 Å². The number of aliphatic hydroxyl groups excluding tert-OH is 1. The molecule has 1 aromatic carbocycles. The molecule has 0 aromatic heterocycles. The van der Waals surface area contributed by atoms with E-state index in [1.54, 1.807) is 0 Å². The van der Waals surface area contributed by atoms with Crippen LogP contribution in [0.3, 0.4) is 0 Å². The van der Waals surface area contributed by atoms with E-state index < -0.39 is 0 Å². The lowest BCUT2D eigenvalue weighted by atomic mass is 10.0. The number of para-hydroxylation sites is 1. The van der Waals surface area contributed by atoms with Crippen molar-refractivity contribution >= 4 is 5.69 Å². The van der Waals surface area contributed by atoms with Gasteiger partial charge >= 0.3 is 0 Å². The zero-order valence-electron chi connectivity index (χ0n) is 8.69. The Morgan fingerprint density at radius 1 is 1.29 bits per heavy atom. The summed E-state index contributed by atoms with van der Waals surface area (Å²) < 4.78 is 0.877. The molecule has 1 fully saturated rings. The fraction of sp³-hybridized carbons (Fsp3) is 0.500. The van der Waals surface area contributed by atoms with Gasteiger partial charge in [0, 0.05) is 0 Å². The van der Waals surface area contributed by atoms with Gasteiger partial charge in [0.2, 0.25) is 0 Å². The van der Waals surface area contributed by atoms with Gasteiger partial charge in [-0.3, -0.25) is 4.48 Å². The quantitative estimate of drug-likeness (QED) is 0.672. The molecule has 0 spiro atoms. The van der Waals surface area contributed by atoms with E-state index in [2.05, 4.69) is 31.3 Å². The zero-order chi connectivity index (χ0) is 10.0. The Bertz CT molecular complexity index is 298. The van der Waals surface area contributed by atoms with E-state index in [1.807, 2.05) is 6.07 Å². The lowest BCUT2D eigenvalue weighted by molar-refractivity contribution is 0.0866. The van der Waals surface area contributed by atoms with E-state index in [9.17, 15) is 5.11 Å². The summed E-state index contributed by atoms with van der Waals surface area (Å²) in [6, 6.07) is 10.5. The average molecular weight is 192 g/mol. The van der Waals surface area contributed by atoms with Crippen LogP contribution in [0.1, 0.15) is 12.8 Å². The van der Waals surface area contributed by atoms with Gasteiger partial charge in [-0.15, -0.1) is 0 Å². The van der Waals surface area contributed by atoms with Crippen molar-refractivity contribution in [2.24, 2.45) is 0 Å². The minimum absolute atomic E-state index is 0.131. The highest BCUT2D eigenvalue weighted by molar-refractivity contribution is 5.42. The van der Waals surface area contributed by atoms with Gasteiger partial charge in [0.25, 0.3) is 0 Å². The molecule has 0 amide bonds. The summed E-state index contributed by atoms with van der Waals surface area (Å²) in [5.41, 5.74) is 1.31. The maximum absolute atomic E-state index is 9.69. The first-order valence-corrected chi connectivity index (χ1v) is 5.29. The SMILES string of the molecule is C[N+]1(c2ccccc2)CCCC(O)C1. The first-order valence-electron chi connectivity index (χ1n) is 5.29. The molecule has 2 heteroatoms. The van der Waals surface area contributed by atoms with Crippen molar-refractivity contribution < 1.29 is 5.11 Å². The molecule has 0 aliphatic carbocycles. The summed E-state index contributed by atoms with van der Waals surface area (Å²) in [6.45, 7) is 1.99. The summed E-state index contributed by atoms with van der Waals surface area (Å²) >= 11 is 0. The van der Waals surface area contributed by atoms with Gasteiger partial charge < -0.3 is 5.11 Å². The van der Waals surface area contributed by atoms with Crippen LogP contribution < -0.4 is 4.48 Å². The smallest absolute Gasteiger partial charge is 0.132 e. The molecule has 1 saturated heterocycles. The molecule has 76 valence electrons. The van der Waals surface area contributed by atoms with Crippen LogP contribution >= 0.6 is 0 Å². The molecule has 2 atom stereocenters. The predicted octanol–water partition coefficient (Wildman–Crippen LogP) is 1.78. The molecule has 2 unspecified atom stereocenters. The molecule has 0 bridgehead atoms. The lowest BCUT2D eigenvalue weighted by Gasteiger charge is -2.39. The summed E-state index contributed by atoms with van der Waals surface area (Å²) in [6.07, 6.45) is 1.95. The van der Waals surface area contributed by atoms with E-state index in [0.717, 1.165) is 30.4 Å². The predicted molar refractivity (Wildman–Crippen MR) is 59.1 cm³/mol. The summed E-state index contributed by atoms with van der Waals surface area (Å²) in [7, 11) is 2.21. The van der Waals surface area contributed by atoms with Crippen LogP contribution in [-0.2, 0) is 0 Å². The Balaban J connectivity index is 2.23. The molecule has 0 saturated carbocycles. The molecule has 1 aliphatic heterocycles. The topological polar surface area (TPSA) is 20.2 Å². The molecule has 1 N–H and O–H groups in total. The van der Waals surface area contributed by atoms with Crippen LogP contribution in [0, 0.1) is 0 Å². The third-order valence-electron chi connectivity index (χ3n) is 3.18. The van der Waals surface area contributed by atoms with Crippen molar-refractivity contribution in [3.05, 3.63) is 30.3 Å². The van der Waals surface area contributed by atoms with E-state index in [-0.39, 0.29) is 6.10 Å². The van der Waals surface area contributed by atoms with Crippen molar-refractivity contribution in [3.8, 4) is 0 Å². The zero-order valence-corrected chi connectivity index (χ0v) is 8.69. The van der Waals surface area contributed by atoms with Crippen molar-refractivity contribution in [2.75, 3.05) is 20.1 Å². The Morgan fingerprint density at radius 3 is 2.64 bits per heavy atom. The van der Waals surface area contributed by atoms with Crippen LogP contribution in [0.5, 0.6) is 0 Å². The Kier molecular flexibility index (Phi) is 2.57. The minimum atomic E-state index is -0.131. The van der Waals surface area contributed by atoms with Gasteiger partial charge in [-0.25, -0.2) is 0 Å². The highest BCUT2D eigenvalue weighted by atomic mass is 16.3. The third-order valence-corrected chi connectivity index (χ3v) is 3.18. The molecular weight excluding hydrogens is 174 g/mol. The van der Waals surface area contributed by atoms with E-state index in [0.29, 0.717) is 0 Å². The molecular formula is C12H18NO+. The van der Waals surface area contributed by atoms with Gasteiger partial charge in [-0.1, -0.05) is 18.2 Å². The van der Waals surface area contributed by atoms with Crippen LogP contribution in [0.25, 0.3) is 0 Å². The fourth-order valence-corrected chi connectivity index (χ4v) is 2.35. The van der Waals surface area contributed by atoms with Crippen LogP contribution in [0.2, 0.25) is 0 Å². The first kappa shape index (κ1) is 9.69. The van der Waals surface area contributed by atoms with Gasteiger partial charge in [-0.2, -0.15) is 0 Å². The third kappa shape index (κ3) is 1.81. The Hall–Kier alpha value is -0.860. The normalized spacial score (nSPS) is 32.9. The standard InChI is InChI=1S/C12H18NO/c1-13(9-5-8-12(14)10-13)11-6-3-2-4-7-11/h2-4,6-7,12,14H,5,8-10H2,1H3/q+1. The fourth-order valence-electron chi connectivity index (χ4n) is 2.35. The molecule has 1 aliphatic rings. The minimum Gasteiger partial charge on any atom is -0.387 e. The van der Waals surface area contributed by atoms with Gasteiger partial charge in [0.15, 0.2) is 0 Å². The number of nitrogens with zero attached hydrogens (tertiary/aromatic N) is 1. The van der Waals surface area contributed by atoms with Crippen LogP contribution in [-0.4, -0.2) is 31.3 Å². The summed E-state index contributed by atoms with van der Waals surface area (Å²) in [5, 5.41) is 9.69. The number of aliphatic hydroxyl groups is 1. The van der Waals surface area contributed by atoms with E-state index in [1.165, 1.54) is 5.69 Å². The number of likely N-dealkylation sites (N-methyl/N-ethyl adjacent to an activating group) is 1. The number of quaternary nitrogens is 1. The summed E-state index contributed by atoms with van der Waals surface area (Å²) in [4.78, 5) is 0. The molecule has 14 heavy (non-hydrogen) atoms. The second kappa shape index (κ2) is 3.71. The monoisotopic (exact) mass is 192 g/mol. The number of piperidine rings is 1.